The highest BCUT2D eigenvalue weighted by atomic mass is 32.2. The molecule has 6 heteroatoms. The van der Waals surface area contributed by atoms with Crippen molar-refractivity contribution in [3.63, 3.8) is 0 Å². The summed E-state index contributed by atoms with van der Waals surface area (Å²) in [5, 5.41) is 13.7. The van der Waals surface area contributed by atoms with Crippen LogP contribution in [-0.2, 0) is 6.54 Å². The molecule has 0 saturated carbocycles. The maximum Gasteiger partial charge on any atom is 0.193 e. The molecule has 5 nitrogen and oxygen atoms in total. The predicted molar refractivity (Wildman–Crippen MR) is 92.7 cm³/mol. The molecule has 1 atom stereocenters. The Bertz CT molecular complexity index is 499. The number of hydrogen-bond donors (Lipinski definition) is 2. The number of thioether (sulfide) groups is 1. The molecule has 0 bridgehead atoms. The van der Waals surface area contributed by atoms with E-state index >= 15 is 0 Å². The molecule has 1 aliphatic rings. The number of ether oxygens (including phenoxy) is 1. The summed E-state index contributed by atoms with van der Waals surface area (Å²) in [6, 6.07) is 8.00. The molecule has 2 N–H and O–H groups in total. The topological polar surface area (TPSA) is 57.1 Å². The second-order valence-electron chi connectivity index (χ2n) is 5.63. The first-order chi connectivity index (χ1) is 10.6. The number of benzene rings is 1. The Morgan fingerprint density at radius 3 is 2.73 bits per heavy atom. The zero-order valence-electron chi connectivity index (χ0n) is 13.5. The van der Waals surface area contributed by atoms with Gasteiger partial charge in [-0.2, -0.15) is 11.8 Å². The van der Waals surface area contributed by atoms with Crippen LogP contribution in [0.15, 0.2) is 29.3 Å². The minimum atomic E-state index is -0.610. The van der Waals surface area contributed by atoms with Crippen LogP contribution in [0.4, 0.5) is 0 Å². The van der Waals surface area contributed by atoms with Crippen LogP contribution in [0.3, 0.4) is 0 Å². The number of aliphatic imine (C=N–C) groups is 1. The van der Waals surface area contributed by atoms with E-state index < -0.39 is 5.60 Å². The summed E-state index contributed by atoms with van der Waals surface area (Å²) in [7, 11) is 5.42. The fraction of sp³-hybridized carbons (Fsp3) is 0.562. The Morgan fingerprint density at radius 1 is 1.45 bits per heavy atom. The van der Waals surface area contributed by atoms with Gasteiger partial charge in [-0.25, -0.2) is 0 Å². The van der Waals surface area contributed by atoms with Crippen LogP contribution < -0.4 is 10.1 Å². The van der Waals surface area contributed by atoms with Crippen LogP contribution in [0, 0.1) is 0 Å². The largest absolute Gasteiger partial charge is 0.497 e. The highest BCUT2D eigenvalue weighted by Gasteiger charge is 2.31. The molecule has 0 aromatic heterocycles. The second-order valence-corrected chi connectivity index (χ2v) is 6.74. The monoisotopic (exact) mass is 323 g/mol. The van der Waals surface area contributed by atoms with E-state index in [1.807, 2.05) is 36.2 Å². The Balaban J connectivity index is 1.89. The average molecular weight is 323 g/mol. The number of hydrogen-bond acceptors (Lipinski definition) is 4. The molecule has 0 aliphatic carbocycles. The average Bonchev–Trinajstić information content (AvgIpc) is 2.95. The van der Waals surface area contributed by atoms with E-state index in [0.29, 0.717) is 6.54 Å². The zero-order valence-corrected chi connectivity index (χ0v) is 14.3. The smallest absolute Gasteiger partial charge is 0.193 e. The van der Waals surface area contributed by atoms with E-state index in [-0.39, 0.29) is 0 Å². The van der Waals surface area contributed by atoms with Gasteiger partial charge in [0.15, 0.2) is 5.96 Å². The van der Waals surface area contributed by atoms with Gasteiger partial charge in [-0.1, -0.05) is 12.1 Å². The van der Waals surface area contributed by atoms with Gasteiger partial charge in [0.1, 0.15) is 5.75 Å². The van der Waals surface area contributed by atoms with Gasteiger partial charge in [0.05, 0.1) is 12.7 Å². The van der Waals surface area contributed by atoms with Crippen LogP contribution in [0.5, 0.6) is 5.75 Å². The SMILES string of the molecule is CN=C(NCC1(O)CCSC1)N(C)Cc1ccc(OC)cc1. The summed E-state index contributed by atoms with van der Waals surface area (Å²) in [4.78, 5) is 6.35. The van der Waals surface area contributed by atoms with Gasteiger partial charge in [-0.05, 0) is 29.9 Å². The Hall–Kier alpha value is -1.40. The van der Waals surface area contributed by atoms with Gasteiger partial charge in [0.25, 0.3) is 0 Å². The van der Waals surface area contributed by atoms with Gasteiger partial charge < -0.3 is 20.1 Å². The third-order valence-electron chi connectivity index (χ3n) is 3.81. The molecule has 1 fully saturated rings. The van der Waals surface area contributed by atoms with Crippen molar-refractivity contribution in [1.29, 1.82) is 0 Å². The van der Waals surface area contributed by atoms with Crippen molar-refractivity contribution in [2.24, 2.45) is 4.99 Å². The molecular weight excluding hydrogens is 298 g/mol. The Morgan fingerprint density at radius 2 is 2.18 bits per heavy atom. The van der Waals surface area contributed by atoms with E-state index in [9.17, 15) is 5.11 Å². The fourth-order valence-corrected chi connectivity index (χ4v) is 3.74. The lowest BCUT2D eigenvalue weighted by molar-refractivity contribution is 0.0718. The van der Waals surface area contributed by atoms with Crippen molar-refractivity contribution in [2.45, 2.75) is 18.6 Å². The van der Waals surface area contributed by atoms with Crippen molar-refractivity contribution < 1.29 is 9.84 Å². The van der Waals surface area contributed by atoms with Crippen LogP contribution in [0.1, 0.15) is 12.0 Å². The highest BCUT2D eigenvalue weighted by molar-refractivity contribution is 7.99. The molecular formula is C16H25N3O2S. The van der Waals surface area contributed by atoms with Crippen molar-refractivity contribution >= 4 is 17.7 Å². The summed E-state index contributed by atoms with van der Waals surface area (Å²) in [5.41, 5.74) is 0.572. The van der Waals surface area contributed by atoms with Crippen LogP contribution >= 0.6 is 11.8 Å². The summed E-state index contributed by atoms with van der Waals surface area (Å²) in [6.45, 7) is 1.29. The molecule has 22 heavy (non-hydrogen) atoms. The number of guanidine groups is 1. The third-order valence-corrected chi connectivity index (χ3v) is 5.04. The number of methoxy groups -OCH3 is 1. The first-order valence-corrected chi connectivity index (χ1v) is 8.57. The number of aliphatic hydroxyl groups is 1. The number of nitrogens with zero attached hydrogens (tertiary/aromatic N) is 2. The maximum atomic E-state index is 10.4. The van der Waals surface area contributed by atoms with Gasteiger partial charge in [0.2, 0.25) is 0 Å². The molecule has 2 rings (SSSR count). The molecule has 1 aromatic carbocycles. The lowest BCUT2D eigenvalue weighted by Crippen LogP contribution is -2.47. The van der Waals surface area contributed by atoms with Crippen molar-refractivity contribution in [2.75, 3.05) is 39.3 Å². The van der Waals surface area contributed by atoms with Crippen molar-refractivity contribution in [3.8, 4) is 5.75 Å². The molecule has 1 aliphatic heterocycles. The van der Waals surface area contributed by atoms with Crippen LogP contribution in [0.25, 0.3) is 0 Å². The second kappa shape index (κ2) is 7.74. The minimum absolute atomic E-state index is 0.541. The molecule has 1 heterocycles. The van der Waals surface area contributed by atoms with Gasteiger partial charge in [0, 0.05) is 32.9 Å². The summed E-state index contributed by atoms with van der Waals surface area (Å²) in [6.07, 6.45) is 0.837. The first kappa shape index (κ1) is 17.0. The lowest BCUT2D eigenvalue weighted by Gasteiger charge is -2.27. The molecule has 122 valence electrons. The fourth-order valence-electron chi connectivity index (χ4n) is 2.44. The van der Waals surface area contributed by atoms with Crippen LogP contribution in [0.2, 0.25) is 0 Å². The highest BCUT2D eigenvalue weighted by Crippen LogP contribution is 2.27. The van der Waals surface area contributed by atoms with E-state index in [0.717, 1.165) is 36.2 Å². The van der Waals surface area contributed by atoms with Crippen LogP contribution in [-0.4, -0.2) is 60.8 Å². The quantitative estimate of drug-likeness (QED) is 0.636. The van der Waals surface area contributed by atoms with Gasteiger partial charge in [-0.15, -0.1) is 0 Å². The molecule has 0 spiro atoms. The predicted octanol–water partition coefficient (Wildman–Crippen LogP) is 1.57. The molecule has 1 aromatic rings. The van der Waals surface area contributed by atoms with Gasteiger partial charge in [-0.3, -0.25) is 4.99 Å². The number of nitrogens with one attached hydrogen (secondary N) is 1. The summed E-state index contributed by atoms with van der Waals surface area (Å²) < 4.78 is 5.17. The lowest BCUT2D eigenvalue weighted by atomic mass is 10.0. The maximum absolute atomic E-state index is 10.4. The Labute approximate surface area is 136 Å². The Kier molecular flexibility index (Phi) is 5.97. The number of rotatable bonds is 5. The van der Waals surface area contributed by atoms with E-state index in [4.69, 9.17) is 4.74 Å². The molecule has 1 saturated heterocycles. The van der Waals surface area contributed by atoms with Gasteiger partial charge >= 0.3 is 0 Å². The summed E-state index contributed by atoms with van der Waals surface area (Å²) in [5.74, 6) is 3.47. The molecule has 0 radical (unpaired) electrons. The minimum Gasteiger partial charge on any atom is -0.497 e. The van der Waals surface area contributed by atoms with E-state index in [1.165, 1.54) is 5.56 Å². The summed E-state index contributed by atoms with van der Waals surface area (Å²) >= 11 is 1.80. The zero-order chi connectivity index (χ0) is 16.0. The van der Waals surface area contributed by atoms with E-state index in [1.54, 1.807) is 25.9 Å². The standard InChI is InChI=1S/C16H25N3O2S/c1-17-15(18-11-16(20)8-9-22-12-16)19(2)10-13-4-6-14(21-3)7-5-13/h4-7,20H,8-12H2,1-3H3,(H,17,18). The molecule has 0 amide bonds. The third kappa shape index (κ3) is 4.55. The normalized spacial score (nSPS) is 21.7. The molecule has 1 unspecified atom stereocenters. The van der Waals surface area contributed by atoms with Crippen molar-refractivity contribution in [3.05, 3.63) is 29.8 Å². The van der Waals surface area contributed by atoms with E-state index in [2.05, 4.69) is 10.3 Å². The van der Waals surface area contributed by atoms with Crippen molar-refractivity contribution in [1.82, 2.24) is 10.2 Å². The first-order valence-electron chi connectivity index (χ1n) is 7.41.